The van der Waals surface area contributed by atoms with E-state index in [1.807, 2.05) is 0 Å². The van der Waals surface area contributed by atoms with E-state index < -0.39 is 40.9 Å². The molecule has 0 fully saturated rings. The fourth-order valence-electron chi connectivity index (χ4n) is 4.22. The number of ketones is 1. The van der Waals surface area contributed by atoms with Gasteiger partial charge in [-0.2, -0.15) is 0 Å². The Morgan fingerprint density at radius 3 is 1.57 bits per heavy atom. The Kier molecular flexibility index (Phi) is 7.74. The van der Waals surface area contributed by atoms with E-state index in [1.54, 1.807) is 91.0 Å². The molecule has 0 bridgehead atoms. The SMILES string of the molecule is COC(=O)C(/C(=C/C(=O)c1ccco1)C(F)(F)F)=[As](c1ccccc1)(c1ccccc1)c1ccccc1. The molecule has 8 heteroatoms. The molecule has 4 aromatic rings. The predicted molar refractivity (Wildman–Crippen MR) is 138 cm³/mol. The Balaban J connectivity index is 2.30. The van der Waals surface area contributed by atoms with Crippen LogP contribution >= 0.6 is 0 Å². The Hall–Kier alpha value is -3.96. The molecule has 188 valence electrons. The molecule has 1 aromatic heterocycles. The second kappa shape index (κ2) is 11.0. The molecule has 4 rings (SSSR count). The van der Waals surface area contributed by atoms with E-state index in [2.05, 4.69) is 0 Å². The number of alkyl halides is 3. The topological polar surface area (TPSA) is 56.5 Å². The van der Waals surface area contributed by atoms with Gasteiger partial charge in [-0.1, -0.05) is 0 Å². The zero-order valence-electron chi connectivity index (χ0n) is 19.7. The van der Waals surface area contributed by atoms with Crippen molar-refractivity contribution in [3.8, 4) is 0 Å². The van der Waals surface area contributed by atoms with Gasteiger partial charge in [-0.3, -0.25) is 0 Å². The van der Waals surface area contributed by atoms with Gasteiger partial charge in [-0.25, -0.2) is 0 Å². The molecule has 3 aromatic carbocycles. The molecular weight excluding hydrogens is 544 g/mol. The number of benzene rings is 3. The molecule has 0 spiro atoms. The number of furan rings is 1. The van der Waals surface area contributed by atoms with E-state index >= 15 is 0 Å². The number of halogens is 3. The fourth-order valence-corrected chi connectivity index (χ4v) is 13.5. The van der Waals surface area contributed by atoms with Gasteiger partial charge in [0, 0.05) is 0 Å². The molecule has 4 nitrogen and oxygen atoms in total. The van der Waals surface area contributed by atoms with Crippen molar-refractivity contribution < 1.29 is 31.9 Å². The van der Waals surface area contributed by atoms with Gasteiger partial charge >= 0.3 is 214 Å². The maximum absolute atomic E-state index is 14.9. The summed E-state index contributed by atoms with van der Waals surface area (Å²) in [5.41, 5.74) is -1.36. The number of hydrogen-bond acceptors (Lipinski definition) is 4. The van der Waals surface area contributed by atoms with Gasteiger partial charge in [0.1, 0.15) is 0 Å². The first kappa shape index (κ1) is 26.1. The fraction of sp³-hybridized carbons (Fsp3) is 0.0690. The van der Waals surface area contributed by atoms with Crippen LogP contribution in [0.15, 0.2) is 125 Å². The van der Waals surface area contributed by atoms with Crippen LogP contribution in [0.25, 0.3) is 0 Å². The molecule has 1 heterocycles. The third-order valence-corrected chi connectivity index (χ3v) is 14.8. The zero-order chi connectivity index (χ0) is 26.5. The minimum atomic E-state index is -5.06. The van der Waals surface area contributed by atoms with Crippen molar-refractivity contribution >= 4 is 42.2 Å². The second-order valence-electron chi connectivity index (χ2n) is 7.91. The van der Waals surface area contributed by atoms with Crippen molar-refractivity contribution in [2.24, 2.45) is 0 Å². The second-order valence-corrected chi connectivity index (χ2v) is 14.9. The van der Waals surface area contributed by atoms with E-state index in [0.29, 0.717) is 19.1 Å². The van der Waals surface area contributed by atoms with Crippen molar-refractivity contribution in [2.75, 3.05) is 7.11 Å². The van der Waals surface area contributed by atoms with E-state index in [9.17, 15) is 22.8 Å². The van der Waals surface area contributed by atoms with Crippen LogP contribution in [-0.2, 0) is 9.53 Å². The van der Waals surface area contributed by atoms with Gasteiger partial charge in [0.2, 0.25) is 0 Å². The maximum atomic E-state index is 14.9. The van der Waals surface area contributed by atoms with Crippen LogP contribution in [0, 0.1) is 0 Å². The summed E-state index contributed by atoms with van der Waals surface area (Å²) in [6, 6.07) is 28.6. The number of hydrogen-bond donors (Lipinski definition) is 0. The van der Waals surface area contributed by atoms with Crippen molar-refractivity contribution in [1.82, 2.24) is 0 Å². The monoisotopic (exact) mass is 566 g/mol. The Bertz CT molecular complexity index is 1350. The van der Waals surface area contributed by atoms with E-state index in [4.69, 9.17) is 9.15 Å². The minimum absolute atomic E-state index is 0.277. The molecule has 0 N–H and O–H groups in total. The first-order valence-electron chi connectivity index (χ1n) is 11.2. The first-order chi connectivity index (χ1) is 17.8. The Labute approximate surface area is 214 Å². The molecule has 0 amide bonds. The Morgan fingerprint density at radius 1 is 0.757 bits per heavy atom. The predicted octanol–water partition coefficient (Wildman–Crippen LogP) is 4.05. The van der Waals surface area contributed by atoms with Crippen LogP contribution in [0.1, 0.15) is 10.6 Å². The summed E-state index contributed by atoms with van der Waals surface area (Å²) >= 11 is -4.51. The molecule has 0 saturated heterocycles. The third kappa shape index (κ3) is 5.13. The summed E-state index contributed by atoms with van der Waals surface area (Å²) in [4.78, 5) is 26.4. The van der Waals surface area contributed by atoms with Crippen LogP contribution in [0.4, 0.5) is 13.2 Å². The van der Waals surface area contributed by atoms with Crippen molar-refractivity contribution in [2.45, 2.75) is 6.18 Å². The van der Waals surface area contributed by atoms with Gasteiger partial charge < -0.3 is 0 Å². The van der Waals surface area contributed by atoms with Gasteiger partial charge in [-0.15, -0.1) is 0 Å². The quantitative estimate of drug-likeness (QED) is 0.147. The third-order valence-electron chi connectivity index (χ3n) is 5.74. The standard InChI is InChI=1S/C29H22AsF3O4/c1-36-28(35)27(24(29(31,32)33)20-25(34)26-18-11-19-37-26)30(21-12-5-2-6-13-21,22-14-7-3-8-15-22)23-16-9-4-10-17-23/h2-20H,1H3/b24-20-. The number of carbonyl (C=O) groups excluding carboxylic acids is 2. The van der Waals surface area contributed by atoms with Gasteiger partial charge in [0.05, 0.1) is 0 Å². The summed E-state index contributed by atoms with van der Waals surface area (Å²) in [7, 11) is 1.04. The summed E-state index contributed by atoms with van der Waals surface area (Å²) in [5.74, 6) is -2.44. The van der Waals surface area contributed by atoms with Crippen LogP contribution in [0.3, 0.4) is 0 Å². The van der Waals surface area contributed by atoms with E-state index in [-0.39, 0.29) is 5.76 Å². The molecule has 0 saturated carbocycles. The van der Waals surface area contributed by atoms with Crippen LogP contribution in [-0.4, -0.2) is 42.5 Å². The summed E-state index contributed by atoms with van der Waals surface area (Å²) in [5, 5.41) is 0. The number of carbonyl (C=O) groups is 2. The zero-order valence-corrected chi connectivity index (χ0v) is 21.6. The molecule has 0 aliphatic rings. The van der Waals surface area contributed by atoms with Gasteiger partial charge in [-0.05, 0) is 0 Å². The first-order valence-corrected chi connectivity index (χ1v) is 14.9. The summed E-state index contributed by atoms with van der Waals surface area (Å²) in [6.45, 7) is 0. The number of methoxy groups -OCH3 is 1. The van der Waals surface area contributed by atoms with Gasteiger partial charge in [0.25, 0.3) is 0 Å². The van der Waals surface area contributed by atoms with Crippen LogP contribution in [0.2, 0.25) is 0 Å². The van der Waals surface area contributed by atoms with Gasteiger partial charge in [0.15, 0.2) is 0 Å². The molecular formula is C29H22AsF3O4. The molecule has 0 unspecified atom stereocenters. The van der Waals surface area contributed by atoms with E-state index in [1.165, 1.54) is 18.4 Å². The van der Waals surface area contributed by atoms with Crippen LogP contribution < -0.4 is 13.1 Å². The molecule has 0 aliphatic carbocycles. The molecule has 37 heavy (non-hydrogen) atoms. The average Bonchev–Trinajstić information content (AvgIpc) is 3.46. The molecule has 0 atom stereocenters. The van der Waals surface area contributed by atoms with Crippen molar-refractivity contribution in [1.29, 1.82) is 0 Å². The molecule has 0 aliphatic heterocycles. The summed E-state index contributed by atoms with van der Waals surface area (Å²) in [6.07, 6.45) is -3.43. The Morgan fingerprint density at radius 2 is 1.22 bits per heavy atom. The normalized spacial score (nSPS) is 12.2. The number of rotatable bonds is 7. The number of ether oxygens (including phenoxy) is 1. The van der Waals surface area contributed by atoms with E-state index in [0.717, 1.165) is 7.11 Å². The van der Waals surface area contributed by atoms with Crippen LogP contribution in [0.5, 0.6) is 0 Å². The number of esters is 1. The molecule has 0 radical (unpaired) electrons. The summed E-state index contributed by atoms with van der Waals surface area (Å²) < 4.78 is 55.8. The van der Waals surface area contributed by atoms with Crippen molar-refractivity contribution in [3.05, 3.63) is 127 Å². The average molecular weight is 566 g/mol. The number of allylic oxidation sites excluding steroid dienone is 1. The van der Waals surface area contributed by atoms with Crippen molar-refractivity contribution in [3.63, 3.8) is 0 Å².